The van der Waals surface area contributed by atoms with E-state index in [1.165, 1.54) is 31.2 Å². The van der Waals surface area contributed by atoms with Crippen LogP contribution in [0.5, 0.6) is 5.75 Å². The van der Waals surface area contributed by atoms with E-state index in [9.17, 15) is 24.8 Å². The Morgan fingerprint density at radius 1 is 1.16 bits per heavy atom. The molecule has 176 valence electrons. The molecule has 0 heterocycles. The lowest BCUT2D eigenvalue weighted by Gasteiger charge is -2.32. The van der Waals surface area contributed by atoms with Gasteiger partial charge in [-0.05, 0) is 58.7 Å². The van der Waals surface area contributed by atoms with Crippen LogP contribution in [0.1, 0.15) is 66.0 Å². The van der Waals surface area contributed by atoms with Crippen molar-refractivity contribution in [2.45, 2.75) is 78.1 Å². The summed E-state index contributed by atoms with van der Waals surface area (Å²) < 4.78 is 5.19. The van der Waals surface area contributed by atoms with Crippen LogP contribution < -0.4 is 10.6 Å². The van der Waals surface area contributed by atoms with Gasteiger partial charge < -0.3 is 25.4 Å². The zero-order valence-electron chi connectivity index (χ0n) is 19.6. The van der Waals surface area contributed by atoms with Crippen molar-refractivity contribution in [2.75, 3.05) is 6.54 Å². The van der Waals surface area contributed by atoms with Gasteiger partial charge in [0.1, 0.15) is 30.0 Å². The van der Waals surface area contributed by atoms with E-state index in [4.69, 9.17) is 4.74 Å². The molecule has 0 aliphatic carbocycles. The van der Waals surface area contributed by atoms with E-state index >= 15 is 0 Å². The summed E-state index contributed by atoms with van der Waals surface area (Å²) in [4.78, 5) is 39.6. The van der Waals surface area contributed by atoms with Crippen molar-refractivity contribution in [3.05, 3.63) is 29.8 Å². The summed E-state index contributed by atoms with van der Waals surface area (Å²) >= 11 is 0. The predicted molar refractivity (Wildman–Crippen MR) is 120 cm³/mol. The summed E-state index contributed by atoms with van der Waals surface area (Å²) in [5.41, 5.74) is -0.319. The summed E-state index contributed by atoms with van der Waals surface area (Å²) in [5, 5.41) is 24.3. The number of phenolic OH excluding ortho intramolecular Hbond substituents is 1. The molecule has 0 aliphatic heterocycles. The number of hydrogen-bond acceptors (Lipinski definition) is 6. The molecular weight excluding hydrogens is 412 g/mol. The van der Waals surface area contributed by atoms with Gasteiger partial charge in [0, 0.05) is 6.04 Å². The van der Waals surface area contributed by atoms with Gasteiger partial charge in [-0.2, -0.15) is 5.26 Å². The molecule has 3 unspecified atom stereocenters. The lowest BCUT2D eigenvalue weighted by Crippen LogP contribution is -2.52. The zero-order chi connectivity index (χ0) is 24.5. The number of nitrogens with one attached hydrogen (secondary N) is 2. The average Bonchev–Trinajstić information content (AvgIpc) is 2.67. The van der Waals surface area contributed by atoms with E-state index in [0.29, 0.717) is 5.56 Å². The van der Waals surface area contributed by atoms with Gasteiger partial charge in [0.25, 0.3) is 0 Å². The number of benzene rings is 1. The Balaban J connectivity index is 3.23. The van der Waals surface area contributed by atoms with Crippen LogP contribution >= 0.6 is 0 Å². The normalized spacial score (nSPS) is 13.8. The quantitative estimate of drug-likeness (QED) is 0.500. The Morgan fingerprint density at radius 3 is 2.25 bits per heavy atom. The number of nitrogens with zero attached hydrogens (tertiary/aromatic N) is 2. The molecule has 32 heavy (non-hydrogen) atoms. The first-order chi connectivity index (χ1) is 14.9. The van der Waals surface area contributed by atoms with Crippen molar-refractivity contribution in [1.82, 2.24) is 15.5 Å². The van der Waals surface area contributed by atoms with Gasteiger partial charge in [0.15, 0.2) is 0 Å². The standard InChI is InChI=1S/C23H34N4O5/c1-7-8-15(2)25-20(29)19(17-9-11-18(28)12-10-17)27(14-13-24)21(30)16(3)26-22(31)32-23(4,5)6/h9-12,15-16,19,28H,7-8,14H2,1-6H3,(H,25,29)(H,26,31). The Morgan fingerprint density at radius 2 is 1.75 bits per heavy atom. The van der Waals surface area contributed by atoms with E-state index in [1.807, 2.05) is 19.9 Å². The third-order valence-electron chi connectivity index (χ3n) is 4.51. The number of carbonyl (C=O) groups is 3. The summed E-state index contributed by atoms with van der Waals surface area (Å²) in [6.45, 7) is 10.0. The average molecular weight is 447 g/mol. The second-order valence-electron chi connectivity index (χ2n) is 8.68. The third-order valence-corrected chi connectivity index (χ3v) is 4.51. The van der Waals surface area contributed by atoms with E-state index < -0.39 is 35.6 Å². The number of ether oxygens (including phenoxy) is 1. The molecule has 9 heteroatoms. The molecule has 0 fully saturated rings. The van der Waals surface area contributed by atoms with Crippen LogP contribution in [0.3, 0.4) is 0 Å². The molecule has 1 aromatic carbocycles. The van der Waals surface area contributed by atoms with Crippen molar-refractivity contribution in [3.8, 4) is 11.8 Å². The van der Waals surface area contributed by atoms with Gasteiger partial charge in [0.2, 0.25) is 11.8 Å². The summed E-state index contributed by atoms with van der Waals surface area (Å²) in [6, 6.07) is 5.48. The van der Waals surface area contributed by atoms with Crippen LogP contribution in [0.15, 0.2) is 24.3 Å². The minimum absolute atomic E-state index is 0.00498. The topological polar surface area (TPSA) is 132 Å². The number of phenols is 1. The lowest BCUT2D eigenvalue weighted by molar-refractivity contribution is -0.141. The largest absolute Gasteiger partial charge is 0.508 e. The molecule has 3 atom stereocenters. The number of carbonyl (C=O) groups excluding carboxylic acids is 3. The van der Waals surface area contributed by atoms with Crippen molar-refractivity contribution in [3.63, 3.8) is 0 Å². The molecule has 1 aromatic rings. The molecule has 0 aliphatic rings. The maximum Gasteiger partial charge on any atom is 0.408 e. The van der Waals surface area contributed by atoms with Crippen LogP contribution in [0.4, 0.5) is 4.79 Å². The maximum atomic E-state index is 13.2. The monoisotopic (exact) mass is 446 g/mol. The third kappa shape index (κ3) is 8.46. The van der Waals surface area contributed by atoms with Crippen LogP contribution in [0.2, 0.25) is 0 Å². The van der Waals surface area contributed by atoms with Gasteiger partial charge in [-0.25, -0.2) is 4.79 Å². The first kappa shape index (κ1) is 26.8. The van der Waals surface area contributed by atoms with Gasteiger partial charge in [-0.1, -0.05) is 25.5 Å². The molecule has 3 amide bonds. The zero-order valence-corrected chi connectivity index (χ0v) is 19.6. The number of aromatic hydroxyl groups is 1. The number of amides is 3. The number of alkyl carbamates (subject to hydrolysis) is 1. The Hall–Kier alpha value is -3.28. The van der Waals surface area contributed by atoms with Crippen LogP contribution in [-0.2, 0) is 14.3 Å². The molecule has 0 radical (unpaired) electrons. The summed E-state index contributed by atoms with van der Waals surface area (Å²) in [6.07, 6.45) is 0.831. The first-order valence-electron chi connectivity index (χ1n) is 10.7. The highest BCUT2D eigenvalue weighted by atomic mass is 16.6. The van der Waals surface area contributed by atoms with Crippen molar-refractivity contribution in [2.24, 2.45) is 0 Å². The minimum atomic E-state index is -1.12. The Labute approximate surface area is 189 Å². The number of rotatable bonds is 9. The maximum absolute atomic E-state index is 13.2. The highest BCUT2D eigenvalue weighted by molar-refractivity contribution is 5.92. The van der Waals surface area contributed by atoms with Crippen molar-refractivity contribution < 1.29 is 24.2 Å². The van der Waals surface area contributed by atoms with E-state index in [1.54, 1.807) is 20.8 Å². The van der Waals surface area contributed by atoms with E-state index in [2.05, 4.69) is 10.6 Å². The predicted octanol–water partition coefficient (Wildman–Crippen LogP) is 3.00. The fraction of sp³-hybridized carbons (Fsp3) is 0.565. The highest BCUT2D eigenvalue weighted by Crippen LogP contribution is 2.24. The number of hydrogen-bond donors (Lipinski definition) is 3. The SMILES string of the molecule is CCCC(C)NC(=O)C(c1ccc(O)cc1)N(CC#N)C(=O)C(C)NC(=O)OC(C)(C)C. The molecule has 0 bridgehead atoms. The fourth-order valence-electron chi connectivity index (χ4n) is 3.12. The van der Waals surface area contributed by atoms with Crippen LogP contribution in [0.25, 0.3) is 0 Å². The van der Waals surface area contributed by atoms with Gasteiger partial charge in [0.05, 0.1) is 6.07 Å². The second-order valence-corrected chi connectivity index (χ2v) is 8.68. The molecule has 0 saturated carbocycles. The number of nitriles is 1. The summed E-state index contributed by atoms with van der Waals surface area (Å²) in [5.74, 6) is -1.07. The fourth-order valence-corrected chi connectivity index (χ4v) is 3.12. The first-order valence-corrected chi connectivity index (χ1v) is 10.7. The smallest absolute Gasteiger partial charge is 0.408 e. The molecule has 1 rings (SSSR count). The van der Waals surface area contributed by atoms with E-state index in [-0.39, 0.29) is 18.3 Å². The van der Waals surface area contributed by atoms with Crippen LogP contribution in [-0.4, -0.2) is 52.1 Å². The molecular formula is C23H34N4O5. The molecule has 0 spiro atoms. The minimum Gasteiger partial charge on any atom is -0.508 e. The Bertz CT molecular complexity index is 826. The Kier molecular flexibility index (Phi) is 9.98. The molecule has 3 N–H and O–H groups in total. The lowest BCUT2D eigenvalue weighted by atomic mass is 10.0. The molecule has 0 saturated heterocycles. The summed E-state index contributed by atoms with van der Waals surface area (Å²) in [7, 11) is 0. The van der Waals surface area contributed by atoms with Crippen LogP contribution in [0, 0.1) is 11.3 Å². The van der Waals surface area contributed by atoms with Crippen molar-refractivity contribution in [1.29, 1.82) is 5.26 Å². The van der Waals surface area contributed by atoms with Gasteiger partial charge in [-0.3, -0.25) is 9.59 Å². The van der Waals surface area contributed by atoms with Crippen molar-refractivity contribution >= 4 is 17.9 Å². The van der Waals surface area contributed by atoms with E-state index in [0.717, 1.165) is 17.7 Å². The molecule has 9 nitrogen and oxygen atoms in total. The van der Waals surface area contributed by atoms with Gasteiger partial charge in [-0.15, -0.1) is 0 Å². The highest BCUT2D eigenvalue weighted by Gasteiger charge is 2.35. The molecule has 0 aromatic heterocycles. The van der Waals surface area contributed by atoms with Gasteiger partial charge >= 0.3 is 6.09 Å². The second kappa shape index (κ2) is 11.9.